The summed E-state index contributed by atoms with van der Waals surface area (Å²) in [6.07, 6.45) is 4.22. The normalized spacial score (nSPS) is 23.8. The Balaban J connectivity index is 2.29. The van der Waals surface area contributed by atoms with E-state index in [1.165, 1.54) is 18.4 Å². The molecule has 4 nitrogen and oxygen atoms in total. The minimum atomic E-state index is -3.45. The first kappa shape index (κ1) is 15.6. The van der Waals surface area contributed by atoms with Crippen LogP contribution >= 0.6 is 11.6 Å². The maximum atomic E-state index is 12.3. The molecule has 1 saturated carbocycles. The van der Waals surface area contributed by atoms with Crippen LogP contribution < -0.4 is 5.32 Å². The van der Waals surface area contributed by atoms with Gasteiger partial charge in [-0.3, -0.25) is 0 Å². The highest BCUT2D eigenvalue weighted by Gasteiger charge is 2.26. The van der Waals surface area contributed by atoms with Crippen molar-refractivity contribution in [2.24, 2.45) is 0 Å². The Morgan fingerprint density at radius 3 is 2.50 bits per heavy atom. The Hall–Kier alpha value is -0.780. The predicted molar refractivity (Wildman–Crippen MR) is 82.8 cm³/mol. The molecule has 0 aromatic heterocycles. The molecule has 1 fully saturated rings. The second-order valence-corrected chi connectivity index (χ2v) is 8.02. The number of rotatable bonds is 4. The first-order chi connectivity index (χ1) is 9.43. The average Bonchev–Trinajstić information content (AvgIpc) is 2.41. The lowest BCUT2D eigenvalue weighted by molar-refractivity contribution is 0.468. The van der Waals surface area contributed by atoms with Gasteiger partial charge in [0.1, 0.15) is 4.90 Å². The number of benzene rings is 1. The standard InChI is InChI=1S/C14H21ClN2O2S/c1-17(2)20(18,19)14-10-6-5-9-13(14)16-12-8-4-3-7-11(12)15/h5-6,9-12,16H,3-4,7-8H2,1-2H3. The van der Waals surface area contributed by atoms with Crippen molar-refractivity contribution < 1.29 is 8.42 Å². The van der Waals surface area contributed by atoms with Crippen LogP contribution in [0.5, 0.6) is 0 Å². The lowest BCUT2D eigenvalue weighted by Gasteiger charge is -2.29. The topological polar surface area (TPSA) is 49.4 Å². The molecule has 112 valence electrons. The van der Waals surface area contributed by atoms with Gasteiger partial charge in [-0.05, 0) is 25.0 Å². The van der Waals surface area contributed by atoms with Crippen molar-refractivity contribution in [1.29, 1.82) is 0 Å². The second kappa shape index (κ2) is 6.33. The van der Waals surface area contributed by atoms with Crippen LogP contribution in [0.3, 0.4) is 0 Å². The number of anilines is 1. The summed E-state index contributed by atoms with van der Waals surface area (Å²) in [6, 6.07) is 7.13. The summed E-state index contributed by atoms with van der Waals surface area (Å²) >= 11 is 6.34. The average molecular weight is 317 g/mol. The molecule has 0 bridgehead atoms. The highest BCUT2D eigenvalue weighted by molar-refractivity contribution is 7.89. The van der Waals surface area contributed by atoms with Crippen molar-refractivity contribution in [2.45, 2.75) is 42.0 Å². The van der Waals surface area contributed by atoms with E-state index in [0.717, 1.165) is 25.7 Å². The van der Waals surface area contributed by atoms with Crippen LogP contribution in [-0.4, -0.2) is 38.2 Å². The van der Waals surface area contributed by atoms with Gasteiger partial charge in [0.25, 0.3) is 0 Å². The number of sulfonamides is 1. The van der Waals surface area contributed by atoms with Crippen LogP contribution in [0.4, 0.5) is 5.69 Å². The molecule has 6 heteroatoms. The van der Waals surface area contributed by atoms with Gasteiger partial charge in [-0.25, -0.2) is 12.7 Å². The number of nitrogens with one attached hydrogen (secondary N) is 1. The highest BCUT2D eigenvalue weighted by Crippen LogP contribution is 2.29. The fourth-order valence-electron chi connectivity index (χ4n) is 2.46. The van der Waals surface area contributed by atoms with Gasteiger partial charge in [-0.1, -0.05) is 25.0 Å². The van der Waals surface area contributed by atoms with Crippen LogP contribution in [0.2, 0.25) is 0 Å². The van der Waals surface area contributed by atoms with E-state index < -0.39 is 10.0 Å². The van der Waals surface area contributed by atoms with Crippen LogP contribution in [0.1, 0.15) is 25.7 Å². The van der Waals surface area contributed by atoms with Crippen molar-refractivity contribution in [2.75, 3.05) is 19.4 Å². The molecule has 1 aliphatic carbocycles. The lowest BCUT2D eigenvalue weighted by Crippen LogP contribution is -2.34. The lowest BCUT2D eigenvalue weighted by atomic mass is 9.95. The summed E-state index contributed by atoms with van der Waals surface area (Å²) in [5, 5.41) is 3.38. The molecular formula is C14H21ClN2O2S. The zero-order chi connectivity index (χ0) is 14.8. The van der Waals surface area contributed by atoms with Crippen molar-refractivity contribution in [3.63, 3.8) is 0 Å². The van der Waals surface area contributed by atoms with Gasteiger partial charge in [0, 0.05) is 20.1 Å². The van der Waals surface area contributed by atoms with Gasteiger partial charge in [0.15, 0.2) is 0 Å². The summed E-state index contributed by atoms with van der Waals surface area (Å²) in [5.41, 5.74) is 0.638. The van der Waals surface area contributed by atoms with E-state index in [1.54, 1.807) is 18.2 Å². The van der Waals surface area contributed by atoms with E-state index in [0.29, 0.717) is 10.6 Å². The Morgan fingerprint density at radius 1 is 1.20 bits per heavy atom. The number of hydrogen-bond acceptors (Lipinski definition) is 3. The molecule has 0 spiro atoms. The van der Waals surface area contributed by atoms with Crippen molar-refractivity contribution in [3.05, 3.63) is 24.3 Å². The molecule has 0 heterocycles. The van der Waals surface area contributed by atoms with E-state index in [1.807, 2.05) is 6.07 Å². The zero-order valence-corrected chi connectivity index (χ0v) is 13.4. The maximum Gasteiger partial charge on any atom is 0.244 e. The smallest absolute Gasteiger partial charge is 0.244 e. The molecule has 1 aromatic carbocycles. The molecule has 0 radical (unpaired) electrons. The second-order valence-electron chi connectivity index (χ2n) is 5.33. The number of para-hydroxylation sites is 1. The SMILES string of the molecule is CN(C)S(=O)(=O)c1ccccc1NC1CCCCC1Cl. The highest BCUT2D eigenvalue weighted by atomic mass is 35.5. The first-order valence-corrected chi connectivity index (χ1v) is 8.73. The predicted octanol–water partition coefficient (Wildman–Crippen LogP) is 2.90. The van der Waals surface area contributed by atoms with Crippen molar-refractivity contribution in [3.8, 4) is 0 Å². The Kier molecular flexibility index (Phi) is 4.94. The Labute approximate surface area is 126 Å². The van der Waals surface area contributed by atoms with Crippen LogP contribution in [0.25, 0.3) is 0 Å². The van der Waals surface area contributed by atoms with Gasteiger partial charge >= 0.3 is 0 Å². The van der Waals surface area contributed by atoms with E-state index in [9.17, 15) is 8.42 Å². The third-order valence-corrected chi connectivity index (χ3v) is 6.06. The summed E-state index contributed by atoms with van der Waals surface area (Å²) in [7, 11) is -0.371. The van der Waals surface area contributed by atoms with Gasteiger partial charge in [-0.2, -0.15) is 0 Å². The summed E-state index contributed by atoms with van der Waals surface area (Å²) in [4.78, 5) is 0.305. The molecule has 0 aliphatic heterocycles. The van der Waals surface area contributed by atoms with Crippen LogP contribution in [0, 0.1) is 0 Å². The minimum absolute atomic E-state index is 0.0545. The molecule has 2 rings (SSSR count). The van der Waals surface area contributed by atoms with E-state index in [-0.39, 0.29) is 11.4 Å². The fourth-order valence-corrected chi connectivity index (χ4v) is 3.85. The van der Waals surface area contributed by atoms with Crippen molar-refractivity contribution >= 4 is 27.3 Å². The van der Waals surface area contributed by atoms with Gasteiger partial charge in [-0.15, -0.1) is 11.6 Å². The molecule has 1 aliphatic rings. The number of nitrogens with zero attached hydrogens (tertiary/aromatic N) is 1. The van der Waals surface area contributed by atoms with Crippen LogP contribution in [-0.2, 0) is 10.0 Å². The monoisotopic (exact) mass is 316 g/mol. The fraction of sp³-hybridized carbons (Fsp3) is 0.571. The van der Waals surface area contributed by atoms with Crippen molar-refractivity contribution in [1.82, 2.24) is 4.31 Å². The molecule has 2 unspecified atom stereocenters. The number of alkyl halides is 1. The molecule has 1 aromatic rings. The number of halogens is 1. The minimum Gasteiger partial charge on any atom is -0.380 e. The third-order valence-electron chi connectivity index (χ3n) is 3.67. The molecule has 0 saturated heterocycles. The molecule has 2 atom stereocenters. The summed E-state index contributed by atoms with van der Waals surface area (Å²) in [6.45, 7) is 0. The van der Waals surface area contributed by atoms with E-state index in [2.05, 4.69) is 5.32 Å². The van der Waals surface area contributed by atoms with E-state index in [4.69, 9.17) is 11.6 Å². The first-order valence-electron chi connectivity index (χ1n) is 6.85. The molecule has 1 N–H and O–H groups in total. The van der Waals surface area contributed by atoms with E-state index >= 15 is 0 Å². The molecule has 0 amide bonds. The molecule has 20 heavy (non-hydrogen) atoms. The quantitative estimate of drug-likeness (QED) is 0.869. The van der Waals surface area contributed by atoms with Gasteiger partial charge < -0.3 is 5.32 Å². The van der Waals surface area contributed by atoms with Crippen LogP contribution in [0.15, 0.2) is 29.2 Å². The van der Waals surface area contributed by atoms with Gasteiger partial charge in [0.2, 0.25) is 10.0 Å². The zero-order valence-electron chi connectivity index (χ0n) is 11.8. The Bertz CT molecular complexity index is 560. The maximum absolute atomic E-state index is 12.3. The largest absolute Gasteiger partial charge is 0.380 e. The summed E-state index contributed by atoms with van der Waals surface area (Å²) < 4.78 is 25.9. The number of hydrogen-bond donors (Lipinski definition) is 1. The molecular weight excluding hydrogens is 296 g/mol. The summed E-state index contributed by atoms with van der Waals surface area (Å²) in [5.74, 6) is 0. The Morgan fingerprint density at radius 2 is 1.85 bits per heavy atom. The van der Waals surface area contributed by atoms with Gasteiger partial charge in [0.05, 0.1) is 11.1 Å². The third kappa shape index (κ3) is 3.27.